The third-order valence-electron chi connectivity index (χ3n) is 6.05. The molecule has 33 heavy (non-hydrogen) atoms. The monoisotopic (exact) mass is 475 g/mol. The maximum atomic E-state index is 13.5. The zero-order valence-corrected chi connectivity index (χ0v) is 19.5. The van der Waals surface area contributed by atoms with Crippen molar-refractivity contribution < 1.29 is 4.79 Å². The minimum Gasteiger partial charge on any atom is -0.322 e. The van der Waals surface area contributed by atoms with E-state index < -0.39 is 0 Å². The van der Waals surface area contributed by atoms with E-state index >= 15 is 0 Å². The van der Waals surface area contributed by atoms with Gasteiger partial charge in [-0.1, -0.05) is 65.7 Å². The van der Waals surface area contributed by atoms with Gasteiger partial charge < -0.3 is 5.32 Å². The first kappa shape index (κ1) is 21.9. The van der Waals surface area contributed by atoms with Crippen LogP contribution in [-0.4, -0.2) is 28.9 Å². The molecule has 166 valence electrons. The average Bonchev–Trinajstić information content (AvgIpc) is 2.81. The van der Waals surface area contributed by atoms with Crippen LogP contribution in [0.25, 0.3) is 10.9 Å². The number of anilines is 1. The van der Waals surface area contributed by atoms with Crippen LogP contribution in [0.15, 0.2) is 72.8 Å². The van der Waals surface area contributed by atoms with Crippen LogP contribution in [0.5, 0.6) is 0 Å². The summed E-state index contributed by atoms with van der Waals surface area (Å²) >= 11 is 12.4. The number of carbonyl (C=O) groups is 1. The number of rotatable bonds is 5. The molecule has 1 amide bonds. The van der Waals surface area contributed by atoms with Gasteiger partial charge in [0.2, 0.25) is 0 Å². The molecule has 1 aliphatic heterocycles. The van der Waals surface area contributed by atoms with E-state index in [9.17, 15) is 4.79 Å². The van der Waals surface area contributed by atoms with Crippen molar-refractivity contribution in [2.24, 2.45) is 0 Å². The van der Waals surface area contributed by atoms with Crippen LogP contribution >= 0.6 is 23.2 Å². The van der Waals surface area contributed by atoms with Gasteiger partial charge in [0.1, 0.15) is 0 Å². The molecule has 0 fully saturated rings. The summed E-state index contributed by atoms with van der Waals surface area (Å²) in [5.74, 6) is -0.159. The number of nitrogens with zero attached hydrogens (tertiary/aromatic N) is 2. The minimum absolute atomic E-state index is 0.159. The van der Waals surface area contributed by atoms with Crippen LogP contribution in [-0.2, 0) is 19.4 Å². The Kier molecular flexibility index (Phi) is 6.32. The van der Waals surface area contributed by atoms with Gasteiger partial charge in [0.05, 0.1) is 11.1 Å². The van der Waals surface area contributed by atoms with Crippen LogP contribution in [0.3, 0.4) is 0 Å². The molecule has 0 atom stereocenters. The first-order chi connectivity index (χ1) is 16.1. The van der Waals surface area contributed by atoms with Gasteiger partial charge in [-0.05, 0) is 42.3 Å². The molecule has 0 saturated carbocycles. The molecule has 2 heterocycles. The Balaban J connectivity index is 1.49. The summed E-state index contributed by atoms with van der Waals surface area (Å²) in [5, 5.41) is 5.02. The van der Waals surface area contributed by atoms with E-state index in [-0.39, 0.29) is 5.91 Å². The molecule has 5 rings (SSSR count). The number of carbonyl (C=O) groups excluding carboxylic acids is 1. The first-order valence-electron chi connectivity index (χ1n) is 11.0. The van der Waals surface area contributed by atoms with E-state index in [1.807, 2.05) is 36.4 Å². The zero-order valence-electron chi connectivity index (χ0n) is 18.0. The molecule has 1 N–H and O–H groups in total. The summed E-state index contributed by atoms with van der Waals surface area (Å²) in [6, 6.07) is 23.2. The van der Waals surface area contributed by atoms with Crippen LogP contribution in [0.4, 0.5) is 5.69 Å². The predicted octanol–water partition coefficient (Wildman–Crippen LogP) is 6.39. The number of pyridine rings is 1. The Morgan fingerprint density at radius 1 is 0.970 bits per heavy atom. The second kappa shape index (κ2) is 9.52. The molecule has 6 heteroatoms. The highest BCUT2D eigenvalue weighted by Gasteiger charge is 2.26. The van der Waals surface area contributed by atoms with Gasteiger partial charge in [-0.2, -0.15) is 0 Å². The SMILES string of the molecule is O=C(Nc1cccc(Cl)c1)c1c2c(nc3cc(Cl)ccc13)CCN(CCc1ccccc1)C2. The van der Waals surface area contributed by atoms with E-state index in [1.54, 1.807) is 12.1 Å². The lowest BCUT2D eigenvalue weighted by atomic mass is 9.95. The highest BCUT2D eigenvalue weighted by atomic mass is 35.5. The van der Waals surface area contributed by atoms with Gasteiger partial charge >= 0.3 is 0 Å². The lowest BCUT2D eigenvalue weighted by Crippen LogP contribution is -2.34. The third-order valence-corrected chi connectivity index (χ3v) is 6.52. The summed E-state index contributed by atoms with van der Waals surface area (Å²) in [6.45, 7) is 2.53. The Hall–Kier alpha value is -2.92. The van der Waals surface area contributed by atoms with Crippen molar-refractivity contribution in [3.8, 4) is 0 Å². The number of aromatic nitrogens is 1. The van der Waals surface area contributed by atoms with Crippen molar-refractivity contribution >= 4 is 45.7 Å². The molecule has 0 bridgehead atoms. The molecule has 0 unspecified atom stereocenters. The summed E-state index contributed by atoms with van der Waals surface area (Å²) in [7, 11) is 0. The molecular formula is C27H23Cl2N3O. The predicted molar refractivity (Wildman–Crippen MR) is 135 cm³/mol. The summed E-state index contributed by atoms with van der Waals surface area (Å²) in [4.78, 5) is 20.8. The minimum atomic E-state index is -0.159. The molecule has 3 aromatic carbocycles. The Morgan fingerprint density at radius 2 is 1.79 bits per heavy atom. The molecule has 0 radical (unpaired) electrons. The topological polar surface area (TPSA) is 45.2 Å². The maximum absolute atomic E-state index is 13.5. The van der Waals surface area contributed by atoms with Crippen LogP contribution in [0.1, 0.15) is 27.2 Å². The van der Waals surface area contributed by atoms with Crippen LogP contribution in [0.2, 0.25) is 10.0 Å². The fourth-order valence-corrected chi connectivity index (χ4v) is 4.77. The summed E-state index contributed by atoms with van der Waals surface area (Å²) in [5.41, 5.74) is 5.34. The van der Waals surface area contributed by atoms with E-state index in [2.05, 4.69) is 34.5 Å². The van der Waals surface area contributed by atoms with E-state index in [0.717, 1.165) is 48.1 Å². The van der Waals surface area contributed by atoms with Gasteiger partial charge in [-0.3, -0.25) is 14.7 Å². The van der Waals surface area contributed by atoms with Gasteiger partial charge in [0.25, 0.3) is 5.91 Å². The largest absolute Gasteiger partial charge is 0.322 e. The molecular weight excluding hydrogens is 453 g/mol. The van der Waals surface area contributed by atoms with Crippen molar-refractivity contribution in [1.82, 2.24) is 9.88 Å². The van der Waals surface area contributed by atoms with Crippen molar-refractivity contribution in [3.63, 3.8) is 0 Å². The molecule has 0 spiro atoms. The molecule has 0 saturated heterocycles. The molecule has 1 aromatic heterocycles. The number of halogens is 2. The second-order valence-corrected chi connectivity index (χ2v) is 9.17. The Bertz CT molecular complexity index is 1320. The van der Waals surface area contributed by atoms with E-state index in [1.165, 1.54) is 5.56 Å². The van der Waals surface area contributed by atoms with Gasteiger partial charge in [-0.25, -0.2) is 0 Å². The fraction of sp³-hybridized carbons (Fsp3) is 0.185. The normalized spacial score (nSPS) is 13.6. The van der Waals surface area contributed by atoms with Gasteiger partial charge in [0, 0.05) is 58.4 Å². The third kappa shape index (κ3) is 4.88. The van der Waals surface area contributed by atoms with Crippen molar-refractivity contribution in [2.75, 3.05) is 18.4 Å². The maximum Gasteiger partial charge on any atom is 0.256 e. The number of fused-ring (bicyclic) bond motifs is 2. The van der Waals surface area contributed by atoms with E-state index in [4.69, 9.17) is 28.2 Å². The number of hydrogen-bond donors (Lipinski definition) is 1. The fourth-order valence-electron chi connectivity index (χ4n) is 4.41. The van der Waals surface area contributed by atoms with Gasteiger partial charge in [0.15, 0.2) is 0 Å². The highest BCUT2D eigenvalue weighted by Crippen LogP contribution is 2.31. The summed E-state index contributed by atoms with van der Waals surface area (Å²) < 4.78 is 0. The number of amides is 1. The second-order valence-electron chi connectivity index (χ2n) is 8.30. The van der Waals surface area contributed by atoms with Crippen molar-refractivity contribution in [1.29, 1.82) is 0 Å². The quantitative estimate of drug-likeness (QED) is 0.363. The molecule has 4 nitrogen and oxygen atoms in total. The lowest BCUT2D eigenvalue weighted by Gasteiger charge is -2.30. The van der Waals surface area contributed by atoms with Gasteiger partial charge in [-0.15, -0.1) is 0 Å². The standard InChI is InChI=1S/C27H23Cl2N3O/c28-19-7-4-8-21(15-19)30-27(33)26-22-10-9-20(29)16-25(22)31-24-12-14-32(17-23(24)26)13-11-18-5-2-1-3-6-18/h1-10,15-16H,11-14,17H2,(H,30,33). The number of benzene rings is 3. The average molecular weight is 476 g/mol. The smallest absolute Gasteiger partial charge is 0.256 e. The van der Waals surface area contributed by atoms with E-state index in [0.29, 0.717) is 27.8 Å². The number of hydrogen-bond acceptors (Lipinski definition) is 3. The first-order valence-corrected chi connectivity index (χ1v) is 11.8. The molecule has 1 aliphatic rings. The van der Waals surface area contributed by atoms with Crippen molar-refractivity contribution in [3.05, 3.63) is 105 Å². The lowest BCUT2D eigenvalue weighted by molar-refractivity contribution is 0.102. The Morgan fingerprint density at radius 3 is 2.61 bits per heavy atom. The van der Waals surface area contributed by atoms with Crippen molar-refractivity contribution in [2.45, 2.75) is 19.4 Å². The molecule has 4 aromatic rings. The highest BCUT2D eigenvalue weighted by molar-refractivity contribution is 6.31. The Labute approximate surface area is 203 Å². The summed E-state index contributed by atoms with van der Waals surface area (Å²) in [6.07, 6.45) is 1.76. The van der Waals surface area contributed by atoms with Crippen LogP contribution in [0, 0.1) is 0 Å². The zero-order chi connectivity index (χ0) is 22.8. The number of nitrogens with one attached hydrogen (secondary N) is 1. The van der Waals surface area contributed by atoms with Crippen LogP contribution < -0.4 is 5.32 Å². The molecule has 0 aliphatic carbocycles.